The van der Waals surface area contributed by atoms with Gasteiger partial charge < -0.3 is 24.5 Å². The van der Waals surface area contributed by atoms with E-state index < -0.39 is 29.9 Å². The molecule has 2 aromatic carbocycles. The minimum Gasteiger partial charge on any atom is -0.415 e. The van der Waals surface area contributed by atoms with E-state index >= 15 is 0 Å². The molecule has 0 saturated heterocycles. The third kappa shape index (κ3) is 12.4. The Labute approximate surface area is 316 Å². The number of carbonyl (C=O) groups is 1. The molecule has 1 saturated carbocycles. The van der Waals surface area contributed by atoms with Crippen molar-refractivity contribution in [1.29, 1.82) is 0 Å². The van der Waals surface area contributed by atoms with Gasteiger partial charge in [0, 0.05) is 41.5 Å². The number of carbonyl (C=O) groups excluding carboxylic acids is 1. The monoisotopic (exact) mass is 773 g/mol. The first-order chi connectivity index (χ1) is 24.3. The Bertz CT molecular complexity index is 1700. The van der Waals surface area contributed by atoms with Gasteiger partial charge in [-0.1, -0.05) is 57.2 Å². The van der Waals surface area contributed by atoms with Crippen molar-refractivity contribution in [1.82, 2.24) is 20.3 Å². The summed E-state index contributed by atoms with van der Waals surface area (Å²) in [6.07, 6.45) is 5.85. The second-order valence-electron chi connectivity index (χ2n) is 16.0. The molecule has 0 atom stereocenters. The van der Waals surface area contributed by atoms with E-state index in [0.717, 1.165) is 41.1 Å². The molecule has 1 aliphatic carbocycles. The average Bonchev–Trinajstić information content (AvgIpc) is 3.56. The second-order valence-corrected chi connectivity index (χ2v) is 23.6. The summed E-state index contributed by atoms with van der Waals surface area (Å²) in [5.41, 5.74) is 0.943. The van der Waals surface area contributed by atoms with Crippen LogP contribution < -0.4 is 20.7 Å². The molecule has 1 aliphatic rings. The molecule has 0 spiro atoms. The molecule has 52 heavy (non-hydrogen) atoms. The summed E-state index contributed by atoms with van der Waals surface area (Å²) in [6.45, 7) is 19.7. The van der Waals surface area contributed by atoms with Crippen LogP contribution in [0.2, 0.25) is 18.1 Å². The number of benzene rings is 2. The quantitative estimate of drug-likeness (QED) is 0.0612. The zero-order chi connectivity index (χ0) is 38.2. The fourth-order valence-electron chi connectivity index (χ4n) is 5.55. The molecule has 0 radical (unpaired) electrons. The number of nitrogens with zero attached hydrogens (tertiary/aromatic N) is 1. The van der Waals surface area contributed by atoms with Crippen molar-refractivity contribution in [3.05, 3.63) is 65.3 Å². The van der Waals surface area contributed by atoms with E-state index in [1.165, 1.54) is 17.4 Å². The van der Waals surface area contributed by atoms with Gasteiger partial charge in [-0.2, -0.15) is 0 Å². The smallest absolute Gasteiger partial charge is 0.319 e. The van der Waals surface area contributed by atoms with Crippen LogP contribution in [0.5, 0.6) is 0 Å². The first-order valence-electron chi connectivity index (χ1n) is 18.1. The summed E-state index contributed by atoms with van der Waals surface area (Å²) in [5, 5.41) is 10.1. The highest BCUT2D eigenvalue weighted by molar-refractivity contribution is 7.89. The molecule has 4 rings (SSSR count). The number of anilines is 1. The summed E-state index contributed by atoms with van der Waals surface area (Å²) in [6, 6.07) is 14.5. The van der Waals surface area contributed by atoms with Crippen LogP contribution >= 0.6 is 11.3 Å². The number of amides is 2. The number of urea groups is 1. The highest BCUT2D eigenvalue weighted by Gasteiger charge is 2.39. The SMILES string of the molecule is CC(C)OCOCNC1CCC(c2ncc(-c3ccc(NC(=O)NCc4ccccc4)cc3S(=O)(=O)NC(C)(C)CO[Si](C)(C)C(C)(C)C)s2)CC1. The van der Waals surface area contributed by atoms with Crippen LogP contribution in [-0.2, 0) is 30.5 Å². The lowest BCUT2D eigenvalue weighted by atomic mass is 9.86. The second kappa shape index (κ2) is 18.1. The molecule has 11 nitrogen and oxygen atoms in total. The molecule has 3 aromatic rings. The number of aromatic nitrogens is 1. The van der Waals surface area contributed by atoms with Gasteiger partial charge in [0.05, 0.1) is 34.2 Å². The summed E-state index contributed by atoms with van der Waals surface area (Å²) < 4.78 is 48.9. The highest BCUT2D eigenvalue weighted by Crippen LogP contribution is 2.40. The molecular weight excluding hydrogens is 715 g/mol. The molecular formula is C38H59N5O6S2Si. The molecule has 14 heteroatoms. The number of sulfonamides is 1. The lowest BCUT2D eigenvalue weighted by molar-refractivity contribution is -0.0853. The van der Waals surface area contributed by atoms with Crippen LogP contribution in [0.15, 0.2) is 59.6 Å². The third-order valence-corrected chi connectivity index (χ3v) is 17.1. The van der Waals surface area contributed by atoms with Gasteiger partial charge in [0.1, 0.15) is 6.79 Å². The van der Waals surface area contributed by atoms with Gasteiger partial charge >= 0.3 is 6.03 Å². The van der Waals surface area contributed by atoms with Gasteiger partial charge in [-0.15, -0.1) is 11.3 Å². The normalized spacial score (nSPS) is 17.3. The Kier molecular flexibility index (Phi) is 14.6. The first kappa shape index (κ1) is 42.1. The summed E-state index contributed by atoms with van der Waals surface area (Å²) in [4.78, 5) is 18.5. The largest absolute Gasteiger partial charge is 0.415 e. The Morgan fingerprint density at radius 3 is 2.37 bits per heavy atom. The van der Waals surface area contributed by atoms with Crippen molar-refractivity contribution < 1.29 is 27.1 Å². The van der Waals surface area contributed by atoms with Crippen LogP contribution in [0, 0.1) is 0 Å². The van der Waals surface area contributed by atoms with Gasteiger partial charge in [-0.25, -0.2) is 22.9 Å². The van der Waals surface area contributed by atoms with Gasteiger partial charge in [-0.05, 0) is 89.2 Å². The number of nitrogens with one attached hydrogen (secondary N) is 4. The van der Waals surface area contributed by atoms with Crippen LogP contribution in [0.1, 0.15) is 90.6 Å². The van der Waals surface area contributed by atoms with Crippen molar-refractivity contribution in [2.75, 3.05) is 25.4 Å². The Balaban J connectivity index is 1.51. The zero-order valence-corrected chi connectivity index (χ0v) is 34.9. The Morgan fingerprint density at radius 2 is 1.71 bits per heavy atom. The average molecular weight is 774 g/mol. The first-order valence-corrected chi connectivity index (χ1v) is 23.4. The molecule has 1 heterocycles. The van der Waals surface area contributed by atoms with Crippen molar-refractivity contribution in [3.63, 3.8) is 0 Å². The molecule has 0 unspecified atom stereocenters. The lowest BCUT2D eigenvalue weighted by Crippen LogP contribution is -2.51. The van der Waals surface area contributed by atoms with Gasteiger partial charge in [-0.3, -0.25) is 5.32 Å². The van der Waals surface area contributed by atoms with E-state index in [9.17, 15) is 13.2 Å². The van der Waals surface area contributed by atoms with E-state index in [2.05, 4.69) is 54.5 Å². The van der Waals surface area contributed by atoms with Crippen LogP contribution in [0.4, 0.5) is 10.5 Å². The molecule has 288 valence electrons. The molecule has 0 aliphatic heterocycles. The molecule has 4 N–H and O–H groups in total. The van der Waals surface area contributed by atoms with Crippen molar-refractivity contribution in [2.45, 2.75) is 127 Å². The number of hydrogen-bond donors (Lipinski definition) is 4. The number of hydrogen-bond acceptors (Lipinski definition) is 9. The standard InChI is InChI=1S/C38H59N5O6S2Si/c1-27(2)48-26-47-25-41-30-17-15-29(16-18-30)35-39-23-33(50-35)32-20-19-31(42-36(44)40-22-28-13-11-10-12-14-28)21-34(32)51(45,46)43-38(6,7)24-49-52(8,9)37(3,4)5/h10-14,19-21,23,27,29-30,41,43H,15-18,22,24-26H2,1-9H3,(H2,40,42,44). The third-order valence-electron chi connectivity index (χ3n) is 9.66. The fourth-order valence-corrected chi connectivity index (χ4v) is 9.54. The van der Waals surface area contributed by atoms with Crippen molar-refractivity contribution in [2.24, 2.45) is 0 Å². The number of ether oxygens (including phenoxy) is 2. The topological polar surface area (TPSA) is 140 Å². The summed E-state index contributed by atoms with van der Waals surface area (Å²) in [7, 11) is -6.23. The minimum atomic E-state index is -4.09. The molecule has 0 bridgehead atoms. The molecule has 2 amide bonds. The lowest BCUT2D eigenvalue weighted by Gasteiger charge is -2.39. The van der Waals surface area contributed by atoms with E-state index in [-0.39, 0.29) is 29.4 Å². The van der Waals surface area contributed by atoms with Crippen molar-refractivity contribution in [3.8, 4) is 10.4 Å². The van der Waals surface area contributed by atoms with Gasteiger partial charge in [0.25, 0.3) is 0 Å². The van der Waals surface area contributed by atoms with Crippen LogP contribution in [0.3, 0.4) is 0 Å². The highest BCUT2D eigenvalue weighted by atomic mass is 32.2. The predicted octanol–water partition coefficient (Wildman–Crippen LogP) is 8.18. The maximum atomic E-state index is 14.3. The zero-order valence-electron chi connectivity index (χ0n) is 32.3. The minimum absolute atomic E-state index is 0.0210. The predicted molar refractivity (Wildman–Crippen MR) is 213 cm³/mol. The van der Waals surface area contributed by atoms with E-state index in [1.807, 2.05) is 58.0 Å². The Hall–Kier alpha value is -2.69. The Morgan fingerprint density at radius 1 is 1.02 bits per heavy atom. The van der Waals surface area contributed by atoms with E-state index in [0.29, 0.717) is 36.5 Å². The van der Waals surface area contributed by atoms with E-state index in [4.69, 9.17) is 18.9 Å². The maximum absolute atomic E-state index is 14.3. The molecule has 1 aromatic heterocycles. The summed E-state index contributed by atoms with van der Waals surface area (Å²) in [5.74, 6) is 0.292. The van der Waals surface area contributed by atoms with Crippen molar-refractivity contribution >= 4 is 41.4 Å². The molecule has 1 fully saturated rings. The number of rotatable bonds is 17. The summed E-state index contributed by atoms with van der Waals surface area (Å²) >= 11 is 1.53. The maximum Gasteiger partial charge on any atom is 0.319 e. The van der Waals surface area contributed by atoms with Gasteiger partial charge in [0.2, 0.25) is 10.0 Å². The van der Waals surface area contributed by atoms with E-state index in [1.54, 1.807) is 18.3 Å². The number of thiazole rings is 1. The van der Waals surface area contributed by atoms with Crippen LogP contribution in [0.25, 0.3) is 10.4 Å². The van der Waals surface area contributed by atoms with Crippen LogP contribution in [-0.4, -0.2) is 65.6 Å². The van der Waals surface area contributed by atoms with Gasteiger partial charge in [0.15, 0.2) is 8.32 Å². The fraction of sp³-hybridized carbons (Fsp3) is 0.579.